The van der Waals surface area contributed by atoms with Crippen LogP contribution in [0.5, 0.6) is 0 Å². The predicted molar refractivity (Wildman–Crippen MR) is 73.8 cm³/mol. The normalized spacial score (nSPS) is 13.6. The summed E-state index contributed by atoms with van der Waals surface area (Å²) >= 11 is 0. The predicted octanol–water partition coefficient (Wildman–Crippen LogP) is 2.24. The molecule has 98 valence electrons. The van der Waals surface area contributed by atoms with Gasteiger partial charge >= 0.3 is 0 Å². The Kier molecular flexibility index (Phi) is 3.11. The Bertz CT molecular complexity index is 539. The molecular formula is C12H20N6. The van der Waals surface area contributed by atoms with E-state index in [1.165, 1.54) is 0 Å². The first-order chi connectivity index (χ1) is 8.41. The number of aromatic nitrogens is 4. The molecule has 0 spiro atoms. The van der Waals surface area contributed by atoms with E-state index in [0.717, 1.165) is 11.3 Å². The highest BCUT2D eigenvalue weighted by atomic mass is 15.2. The Morgan fingerprint density at radius 1 is 1.28 bits per heavy atom. The van der Waals surface area contributed by atoms with E-state index >= 15 is 0 Å². The second-order valence-corrected chi connectivity index (χ2v) is 5.48. The number of aromatic amines is 1. The van der Waals surface area contributed by atoms with Gasteiger partial charge in [0.1, 0.15) is 5.52 Å². The van der Waals surface area contributed by atoms with Crippen LogP contribution in [0.3, 0.4) is 0 Å². The third-order valence-electron chi connectivity index (χ3n) is 3.16. The summed E-state index contributed by atoms with van der Waals surface area (Å²) in [5.74, 6) is 1.35. The summed E-state index contributed by atoms with van der Waals surface area (Å²) in [6, 6.07) is 0.281. The Morgan fingerprint density at radius 2 is 2.00 bits per heavy atom. The lowest BCUT2D eigenvalue weighted by atomic mass is 9.88. The molecule has 18 heavy (non-hydrogen) atoms. The number of nitrogens with zero attached hydrogens (tertiary/aromatic N) is 3. The van der Waals surface area contributed by atoms with Crippen molar-refractivity contribution < 1.29 is 0 Å². The molecule has 0 saturated heterocycles. The van der Waals surface area contributed by atoms with Gasteiger partial charge in [0, 0.05) is 13.1 Å². The molecule has 0 bridgehead atoms. The van der Waals surface area contributed by atoms with Gasteiger partial charge in [-0.1, -0.05) is 20.8 Å². The van der Waals surface area contributed by atoms with E-state index in [1.54, 1.807) is 13.4 Å². The zero-order valence-corrected chi connectivity index (χ0v) is 11.5. The minimum absolute atomic E-state index is 0.150. The summed E-state index contributed by atoms with van der Waals surface area (Å²) in [5.41, 5.74) is 1.65. The largest absolute Gasteiger partial charge is 0.365 e. The number of H-pyrrole nitrogens is 1. The average Bonchev–Trinajstić information content (AvgIpc) is 2.75. The van der Waals surface area contributed by atoms with E-state index in [9.17, 15) is 0 Å². The molecule has 6 nitrogen and oxygen atoms in total. The fourth-order valence-corrected chi connectivity index (χ4v) is 1.47. The molecule has 0 radical (unpaired) electrons. The molecule has 0 fully saturated rings. The molecule has 3 N–H and O–H groups in total. The monoisotopic (exact) mass is 248 g/mol. The fraction of sp³-hybridized carbons (Fsp3) is 0.583. The van der Waals surface area contributed by atoms with Crippen molar-refractivity contribution in [2.75, 3.05) is 17.7 Å². The highest BCUT2D eigenvalue weighted by molar-refractivity contribution is 5.83. The van der Waals surface area contributed by atoms with Gasteiger partial charge in [0.25, 0.3) is 0 Å². The lowest BCUT2D eigenvalue weighted by Crippen LogP contribution is -2.31. The molecule has 1 atom stereocenters. The maximum absolute atomic E-state index is 4.44. The van der Waals surface area contributed by atoms with Crippen LogP contribution in [-0.2, 0) is 0 Å². The number of rotatable bonds is 3. The fourth-order valence-electron chi connectivity index (χ4n) is 1.47. The summed E-state index contributed by atoms with van der Waals surface area (Å²) < 4.78 is 0. The number of anilines is 2. The van der Waals surface area contributed by atoms with Crippen LogP contribution in [0.1, 0.15) is 27.7 Å². The van der Waals surface area contributed by atoms with Crippen molar-refractivity contribution in [3.05, 3.63) is 6.33 Å². The van der Waals surface area contributed by atoms with E-state index in [4.69, 9.17) is 0 Å². The van der Waals surface area contributed by atoms with Crippen molar-refractivity contribution in [1.82, 2.24) is 19.9 Å². The SMILES string of the molecule is CNc1nc(NC(C)C(C)(C)C)c2[nH]cnc2n1. The van der Waals surface area contributed by atoms with E-state index in [1.807, 2.05) is 0 Å². The molecule has 6 heteroatoms. The van der Waals surface area contributed by atoms with Crippen LogP contribution in [-0.4, -0.2) is 33.0 Å². The number of hydrogen-bond acceptors (Lipinski definition) is 5. The molecule has 2 aromatic rings. The molecule has 0 saturated carbocycles. The first kappa shape index (κ1) is 12.6. The van der Waals surface area contributed by atoms with Crippen molar-refractivity contribution >= 4 is 22.9 Å². The third kappa shape index (κ3) is 2.37. The molecular weight excluding hydrogens is 228 g/mol. The number of hydrogen-bond donors (Lipinski definition) is 3. The first-order valence-corrected chi connectivity index (χ1v) is 6.07. The highest BCUT2D eigenvalue weighted by Gasteiger charge is 2.21. The number of imidazole rings is 1. The van der Waals surface area contributed by atoms with Crippen LogP contribution in [0, 0.1) is 5.41 Å². The second kappa shape index (κ2) is 4.44. The van der Waals surface area contributed by atoms with Gasteiger partial charge in [0.15, 0.2) is 11.5 Å². The molecule has 1 unspecified atom stereocenters. The second-order valence-electron chi connectivity index (χ2n) is 5.48. The maximum Gasteiger partial charge on any atom is 0.226 e. The lowest BCUT2D eigenvalue weighted by Gasteiger charge is -2.28. The summed E-state index contributed by atoms with van der Waals surface area (Å²) in [7, 11) is 1.80. The molecule has 2 aromatic heterocycles. The molecule has 0 aliphatic rings. The van der Waals surface area contributed by atoms with Crippen LogP contribution < -0.4 is 10.6 Å². The van der Waals surface area contributed by atoms with Crippen molar-refractivity contribution in [2.24, 2.45) is 5.41 Å². The van der Waals surface area contributed by atoms with Crippen LogP contribution >= 0.6 is 0 Å². The zero-order valence-electron chi connectivity index (χ0n) is 11.5. The quantitative estimate of drug-likeness (QED) is 0.776. The Labute approximate surface area is 107 Å². The van der Waals surface area contributed by atoms with Crippen LogP contribution in [0.15, 0.2) is 6.33 Å². The minimum atomic E-state index is 0.150. The van der Waals surface area contributed by atoms with Gasteiger partial charge in [-0.25, -0.2) is 4.98 Å². The number of nitrogens with one attached hydrogen (secondary N) is 3. The summed E-state index contributed by atoms with van der Waals surface area (Å²) in [4.78, 5) is 16.0. The topological polar surface area (TPSA) is 78.5 Å². The van der Waals surface area contributed by atoms with Gasteiger partial charge in [0.2, 0.25) is 5.95 Å². The maximum atomic E-state index is 4.44. The summed E-state index contributed by atoms with van der Waals surface area (Å²) in [6.07, 6.45) is 1.63. The average molecular weight is 248 g/mol. The first-order valence-electron chi connectivity index (χ1n) is 6.07. The molecule has 2 heterocycles. The van der Waals surface area contributed by atoms with Gasteiger partial charge in [0.05, 0.1) is 6.33 Å². The zero-order chi connectivity index (χ0) is 13.3. The van der Waals surface area contributed by atoms with Crippen molar-refractivity contribution in [1.29, 1.82) is 0 Å². The summed E-state index contributed by atoms with van der Waals surface area (Å²) in [6.45, 7) is 8.71. The van der Waals surface area contributed by atoms with Crippen molar-refractivity contribution in [2.45, 2.75) is 33.7 Å². The van der Waals surface area contributed by atoms with Gasteiger partial charge < -0.3 is 15.6 Å². The molecule has 0 aliphatic carbocycles. The summed E-state index contributed by atoms with van der Waals surface area (Å²) in [5, 5.41) is 6.37. The smallest absolute Gasteiger partial charge is 0.226 e. The van der Waals surface area contributed by atoms with E-state index in [-0.39, 0.29) is 11.5 Å². The minimum Gasteiger partial charge on any atom is -0.365 e. The van der Waals surface area contributed by atoms with Gasteiger partial charge in [-0.2, -0.15) is 9.97 Å². The Hall–Kier alpha value is -1.85. The van der Waals surface area contributed by atoms with Gasteiger partial charge in [-0.15, -0.1) is 0 Å². The number of fused-ring (bicyclic) bond motifs is 1. The van der Waals surface area contributed by atoms with Crippen LogP contribution in [0.25, 0.3) is 11.2 Å². The molecule has 0 aromatic carbocycles. The Balaban J connectivity index is 2.40. The van der Waals surface area contributed by atoms with Gasteiger partial charge in [-0.05, 0) is 12.3 Å². The van der Waals surface area contributed by atoms with E-state index in [2.05, 4.69) is 58.3 Å². The standard InChI is InChI=1S/C12H20N6/c1-7(12(2,3)4)16-10-8-9(15-6-14-8)17-11(13-5)18-10/h6-7H,1-5H3,(H3,13,14,15,16,17,18). The molecule has 2 rings (SSSR count). The molecule has 0 aliphatic heterocycles. The lowest BCUT2D eigenvalue weighted by molar-refractivity contribution is 0.359. The van der Waals surface area contributed by atoms with Crippen LogP contribution in [0.4, 0.5) is 11.8 Å². The third-order valence-corrected chi connectivity index (χ3v) is 3.16. The molecule has 0 amide bonds. The van der Waals surface area contributed by atoms with Crippen molar-refractivity contribution in [3.8, 4) is 0 Å². The Morgan fingerprint density at radius 3 is 2.61 bits per heavy atom. The van der Waals surface area contributed by atoms with Crippen LogP contribution in [0.2, 0.25) is 0 Å². The van der Waals surface area contributed by atoms with Gasteiger partial charge in [-0.3, -0.25) is 0 Å². The highest BCUT2D eigenvalue weighted by Crippen LogP contribution is 2.25. The van der Waals surface area contributed by atoms with Crippen molar-refractivity contribution in [3.63, 3.8) is 0 Å². The van der Waals surface area contributed by atoms with E-state index < -0.39 is 0 Å². The van der Waals surface area contributed by atoms with E-state index in [0.29, 0.717) is 11.6 Å².